The minimum absolute atomic E-state index is 0.0743. The van der Waals surface area contributed by atoms with Gasteiger partial charge in [0.05, 0.1) is 12.6 Å². The molecule has 6 heteroatoms. The molecule has 1 N–H and O–H groups in total. The summed E-state index contributed by atoms with van der Waals surface area (Å²) in [5, 5.41) is 2.77. The van der Waals surface area contributed by atoms with Crippen LogP contribution in [0.5, 0.6) is 5.75 Å². The van der Waals surface area contributed by atoms with Crippen LogP contribution >= 0.6 is 0 Å². The summed E-state index contributed by atoms with van der Waals surface area (Å²) >= 11 is 0. The molecule has 1 amide bonds. The number of carbonyl (C=O) groups excluding carboxylic acids is 1. The summed E-state index contributed by atoms with van der Waals surface area (Å²) in [6.45, 7) is 2.24. The quantitative estimate of drug-likeness (QED) is 0.840. The molecule has 0 unspecified atom stereocenters. The second-order valence-corrected chi connectivity index (χ2v) is 6.40. The highest BCUT2D eigenvalue weighted by atomic mass is 19.1. The van der Waals surface area contributed by atoms with Gasteiger partial charge in [-0.15, -0.1) is 0 Å². The number of amides is 1. The van der Waals surface area contributed by atoms with Gasteiger partial charge in [0.2, 0.25) is 5.91 Å². The fraction of sp³-hybridized carbons (Fsp3) is 0.368. The molecule has 3 rings (SSSR count). The Kier molecular flexibility index (Phi) is 5.16. The third-order valence-corrected chi connectivity index (χ3v) is 4.22. The molecule has 1 aromatic carbocycles. The van der Waals surface area contributed by atoms with Crippen LogP contribution in [0.4, 0.5) is 4.39 Å². The molecular formula is C19H21FN2O3. The van der Waals surface area contributed by atoms with Gasteiger partial charge in [0.1, 0.15) is 6.54 Å². The first-order valence-electron chi connectivity index (χ1n) is 8.40. The number of hydrogen-bond acceptors (Lipinski definition) is 3. The van der Waals surface area contributed by atoms with Gasteiger partial charge in [-0.2, -0.15) is 0 Å². The van der Waals surface area contributed by atoms with Crippen molar-refractivity contribution in [3.05, 3.63) is 64.3 Å². The predicted molar refractivity (Wildman–Crippen MR) is 91.9 cm³/mol. The maximum Gasteiger partial charge on any atom is 0.250 e. The van der Waals surface area contributed by atoms with Gasteiger partial charge >= 0.3 is 0 Å². The Bertz CT molecular complexity index is 814. The number of nitrogens with one attached hydrogen (secondary N) is 1. The van der Waals surface area contributed by atoms with Crippen molar-refractivity contribution in [2.75, 3.05) is 6.61 Å². The van der Waals surface area contributed by atoms with E-state index in [-0.39, 0.29) is 29.8 Å². The van der Waals surface area contributed by atoms with Crippen LogP contribution in [-0.4, -0.2) is 17.1 Å². The molecule has 1 atom stereocenters. The Labute approximate surface area is 145 Å². The summed E-state index contributed by atoms with van der Waals surface area (Å²) in [4.78, 5) is 23.7. The molecule has 0 spiro atoms. The summed E-state index contributed by atoms with van der Waals surface area (Å²) in [7, 11) is 0. The molecule has 1 saturated carbocycles. The number of pyridine rings is 1. The van der Waals surface area contributed by atoms with Crippen LogP contribution in [0.1, 0.15) is 31.4 Å². The van der Waals surface area contributed by atoms with E-state index in [1.165, 1.54) is 16.7 Å². The van der Waals surface area contributed by atoms with E-state index >= 15 is 0 Å². The van der Waals surface area contributed by atoms with E-state index in [1.807, 2.05) is 0 Å². The van der Waals surface area contributed by atoms with E-state index in [4.69, 9.17) is 4.74 Å². The second-order valence-electron chi connectivity index (χ2n) is 6.40. The van der Waals surface area contributed by atoms with Gasteiger partial charge < -0.3 is 14.6 Å². The van der Waals surface area contributed by atoms with E-state index in [2.05, 4.69) is 5.32 Å². The second kappa shape index (κ2) is 7.51. The molecule has 0 aliphatic heterocycles. The first kappa shape index (κ1) is 17.2. The predicted octanol–water partition coefficient (Wildman–Crippen LogP) is 2.65. The van der Waals surface area contributed by atoms with Crippen molar-refractivity contribution in [2.45, 2.75) is 32.4 Å². The lowest BCUT2D eigenvalue weighted by molar-refractivity contribution is -0.122. The van der Waals surface area contributed by atoms with Crippen molar-refractivity contribution in [2.24, 2.45) is 5.92 Å². The monoisotopic (exact) mass is 344 g/mol. The number of carbonyl (C=O) groups is 1. The van der Waals surface area contributed by atoms with Crippen molar-refractivity contribution in [1.29, 1.82) is 0 Å². The number of hydrogen-bond donors (Lipinski definition) is 1. The lowest BCUT2D eigenvalue weighted by Gasteiger charge is -2.16. The molecule has 25 heavy (non-hydrogen) atoms. The van der Waals surface area contributed by atoms with Crippen LogP contribution in [0.3, 0.4) is 0 Å². The Hall–Kier alpha value is -2.63. The summed E-state index contributed by atoms with van der Waals surface area (Å²) in [5.74, 6) is 0.0532. The van der Waals surface area contributed by atoms with E-state index in [0.29, 0.717) is 18.1 Å². The summed E-state index contributed by atoms with van der Waals surface area (Å²) < 4.78 is 20.9. The molecule has 1 heterocycles. The van der Waals surface area contributed by atoms with Crippen LogP contribution in [0.25, 0.3) is 0 Å². The average molecular weight is 344 g/mol. The largest absolute Gasteiger partial charge is 0.490 e. The zero-order valence-electron chi connectivity index (χ0n) is 14.1. The minimum Gasteiger partial charge on any atom is -0.490 e. The molecule has 0 bridgehead atoms. The highest BCUT2D eigenvalue weighted by molar-refractivity contribution is 5.76. The highest BCUT2D eigenvalue weighted by Crippen LogP contribution is 2.30. The third-order valence-electron chi connectivity index (χ3n) is 4.22. The van der Waals surface area contributed by atoms with Gasteiger partial charge in [0.25, 0.3) is 5.56 Å². The number of nitrogens with zero attached hydrogens (tertiary/aromatic N) is 1. The van der Waals surface area contributed by atoms with Gasteiger partial charge in [-0.05, 0) is 49.4 Å². The van der Waals surface area contributed by atoms with Crippen LogP contribution < -0.4 is 15.6 Å². The zero-order chi connectivity index (χ0) is 17.8. The van der Waals surface area contributed by atoms with Crippen molar-refractivity contribution in [1.82, 2.24) is 9.88 Å². The van der Waals surface area contributed by atoms with Crippen LogP contribution in [-0.2, 0) is 11.3 Å². The summed E-state index contributed by atoms with van der Waals surface area (Å²) in [6, 6.07) is 9.04. The SMILES string of the molecule is C[C@H](NC(=O)Cn1ccccc1=O)c1ccc(OCC2CC2)c(F)c1. The third kappa shape index (κ3) is 4.68. The fourth-order valence-corrected chi connectivity index (χ4v) is 2.51. The molecule has 2 aromatic rings. The van der Waals surface area contributed by atoms with Gasteiger partial charge in [-0.25, -0.2) is 4.39 Å². The molecule has 0 radical (unpaired) electrons. The summed E-state index contributed by atoms with van der Waals surface area (Å²) in [6.07, 6.45) is 3.85. The Morgan fingerprint density at radius 1 is 1.36 bits per heavy atom. The first-order chi connectivity index (χ1) is 12.0. The lowest BCUT2D eigenvalue weighted by atomic mass is 10.1. The minimum atomic E-state index is -0.432. The molecule has 132 valence electrons. The summed E-state index contributed by atoms with van der Waals surface area (Å²) in [5.41, 5.74) is 0.401. The van der Waals surface area contributed by atoms with E-state index in [0.717, 1.165) is 12.8 Å². The van der Waals surface area contributed by atoms with Crippen molar-refractivity contribution in [3.63, 3.8) is 0 Å². The molecule has 1 aromatic heterocycles. The normalized spacial score (nSPS) is 14.8. The van der Waals surface area contributed by atoms with E-state index < -0.39 is 5.82 Å². The number of benzene rings is 1. The molecule has 1 aliphatic rings. The Morgan fingerprint density at radius 3 is 2.84 bits per heavy atom. The smallest absolute Gasteiger partial charge is 0.250 e. The van der Waals surface area contributed by atoms with Crippen molar-refractivity contribution < 1.29 is 13.9 Å². The lowest BCUT2D eigenvalue weighted by Crippen LogP contribution is -2.33. The van der Waals surface area contributed by atoms with Crippen LogP contribution in [0.15, 0.2) is 47.4 Å². The molecule has 0 saturated heterocycles. The van der Waals surface area contributed by atoms with Crippen LogP contribution in [0.2, 0.25) is 0 Å². The average Bonchev–Trinajstić information content (AvgIpc) is 3.40. The number of halogens is 1. The highest BCUT2D eigenvalue weighted by Gasteiger charge is 2.22. The molecular weight excluding hydrogens is 323 g/mol. The van der Waals surface area contributed by atoms with E-state index in [1.54, 1.807) is 37.4 Å². The van der Waals surface area contributed by atoms with Gasteiger partial charge in [0, 0.05) is 12.3 Å². The fourth-order valence-electron chi connectivity index (χ4n) is 2.51. The standard InChI is InChI=1S/C19H21FN2O3/c1-13(21-18(23)11-22-9-3-2-4-19(22)24)15-7-8-17(16(20)10-15)25-12-14-5-6-14/h2-4,7-10,13-14H,5-6,11-12H2,1H3,(H,21,23)/t13-/m0/s1. The van der Waals surface area contributed by atoms with Crippen LogP contribution in [0, 0.1) is 11.7 Å². The van der Waals surface area contributed by atoms with Gasteiger partial charge in [-0.3, -0.25) is 9.59 Å². The Balaban J connectivity index is 1.59. The topological polar surface area (TPSA) is 60.3 Å². The first-order valence-corrected chi connectivity index (χ1v) is 8.40. The Morgan fingerprint density at radius 2 is 2.16 bits per heavy atom. The number of rotatable bonds is 7. The molecule has 1 fully saturated rings. The molecule has 5 nitrogen and oxygen atoms in total. The van der Waals surface area contributed by atoms with E-state index in [9.17, 15) is 14.0 Å². The maximum absolute atomic E-state index is 14.1. The van der Waals surface area contributed by atoms with Crippen molar-refractivity contribution >= 4 is 5.91 Å². The zero-order valence-corrected chi connectivity index (χ0v) is 14.1. The van der Waals surface area contributed by atoms with Gasteiger partial charge in [0.15, 0.2) is 11.6 Å². The molecule has 1 aliphatic carbocycles. The number of ether oxygens (including phenoxy) is 1. The van der Waals surface area contributed by atoms with Crippen molar-refractivity contribution in [3.8, 4) is 5.75 Å². The van der Waals surface area contributed by atoms with Gasteiger partial charge in [-0.1, -0.05) is 12.1 Å². The number of aromatic nitrogens is 1. The maximum atomic E-state index is 14.1.